The van der Waals surface area contributed by atoms with Crippen molar-refractivity contribution >= 4 is 11.9 Å². The van der Waals surface area contributed by atoms with Gasteiger partial charge in [0.1, 0.15) is 18.9 Å². The Hall–Kier alpha value is -1.74. The van der Waals surface area contributed by atoms with Crippen molar-refractivity contribution in [2.24, 2.45) is 0 Å². The summed E-state index contributed by atoms with van der Waals surface area (Å²) in [5, 5.41) is 1.72. The fourth-order valence-electron chi connectivity index (χ4n) is 4.78. The second kappa shape index (κ2) is 9.02. The first-order chi connectivity index (χ1) is 14.2. The third-order valence-electron chi connectivity index (χ3n) is 6.06. The fourth-order valence-corrected chi connectivity index (χ4v) is 4.78. The number of nitrogens with zero attached hydrogens (tertiary/aromatic N) is 2. The molecule has 0 aromatic heterocycles. The summed E-state index contributed by atoms with van der Waals surface area (Å²) in [6.45, 7) is 20.0. The maximum absolute atomic E-state index is 12.6. The lowest BCUT2D eigenvalue weighted by Gasteiger charge is -2.59. The lowest BCUT2D eigenvalue weighted by molar-refractivity contribution is -0.330. The summed E-state index contributed by atoms with van der Waals surface area (Å²) in [4.78, 5) is 33.6. The number of likely N-dealkylation sites (N-methyl/N-ethyl adjacent to an activating group) is 1. The Labute approximate surface area is 186 Å². The zero-order valence-corrected chi connectivity index (χ0v) is 20.0. The molecule has 0 aliphatic carbocycles. The molecule has 0 bridgehead atoms. The van der Waals surface area contributed by atoms with Crippen LogP contribution in [0.2, 0.25) is 0 Å². The average Bonchev–Trinajstić information content (AvgIpc) is 2.86. The smallest absolute Gasteiger partial charge is 0.349 e. The molecular weight excluding hydrogens is 400 g/mol. The molecule has 8 nitrogen and oxygen atoms in total. The molecule has 0 aromatic carbocycles. The molecule has 2 aliphatic rings. The van der Waals surface area contributed by atoms with Crippen LogP contribution < -0.4 is 0 Å². The van der Waals surface area contributed by atoms with Crippen molar-refractivity contribution < 1.29 is 28.6 Å². The number of ether oxygens (including phenoxy) is 3. The third-order valence-corrected chi connectivity index (χ3v) is 6.06. The van der Waals surface area contributed by atoms with Crippen molar-refractivity contribution in [3.8, 4) is 0 Å². The highest BCUT2D eigenvalue weighted by atomic mass is 16.7. The number of hydrogen-bond donors (Lipinski definition) is 0. The average molecular weight is 439 g/mol. The molecule has 0 saturated carbocycles. The summed E-state index contributed by atoms with van der Waals surface area (Å²) < 4.78 is 16.6. The van der Waals surface area contributed by atoms with Gasteiger partial charge in [0.2, 0.25) is 0 Å². The summed E-state index contributed by atoms with van der Waals surface area (Å²) in [5.74, 6) is -1.65. The molecule has 0 unspecified atom stereocenters. The van der Waals surface area contributed by atoms with Gasteiger partial charge in [0, 0.05) is 29.5 Å². The van der Waals surface area contributed by atoms with Crippen LogP contribution in [0.25, 0.3) is 0 Å². The van der Waals surface area contributed by atoms with E-state index in [4.69, 9.17) is 19.0 Å². The van der Waals surface area contributed by atoms with Crippen molar-refractivity contribution in [3.63, 3.8) is 0 Å². The number of carbonyl (C=O) groups is 2. The largest absolute Gasteiger partial charge is 0.459 e. The molecule has 0 atom stereocenters. The van der Waals surface area contributed by atoms with Gasteiger partial charge in [0.05, 0.1) is 6.61 Å². The molecule has 2 heterocycles. The van der Waals surface area contributed by atoms with Gasteiger partial charge in [-0.1, -0.05) is 25.3 Å². The summed E-state index contributed by atoms with van der Waals surface area (Å²) in [5.41, 5.74) is -1.70. The second-order valence-electron chi connectivity index (χ2n) is 10.2. The Bertz CT molecular complexity index is 673. The molecule has 31 heavy (non-hydrogen) atoms. The number of rotatable bonds is 8. The number of esters is 2. The van der Waals surface area contributed by atoms with Crippen LogP contribution in [0.1, 0.15) is 54.4 Å². The van der Waals surface area contributed by atoms with Gasteiger partial charge in [0.25, 0.3) is 6.10 Å². The van der Waals surface area contributed by atoms with Crippen LogP contribution in [-0.2, 0) is 28.6 Å². The predicted molar refractivity (Wildman–Crippen MR) is 117 cm³/mol. The lowest BCUT2D eigenvalue weighted by atomic mass is 9.75. The molecule has 2 rings (SSSR count). The van der Waals surface area contributed by atoms with Crippen LogP contribution in [0, 0.1) is 0 Å². The Kier molecular flexibility index (Phi) is 7.42. The summed E-state index contributed by atoms with van der Waals surface area (Å²) >= 11 is 0. The number of hydrogen-bond acceptors (Lipinski definition) is 8. The zero-order valence-electron chi connectivity index (χ0n) is 20.0. The van der Waals surface area contributed by atoms with E-state index in [1.54, 1.807) is 5.06 Å². The molecular formula is C23H38N2O6. The van der Waals surface area contributed by atoms with Gasteiger partial charge in [-0.05, 0) is 48.6 Å². The quantitative estimate of drug-likeness (QED) is 0.325. The first kappa shape index (κ1) is 25.5. The molecule has 0 aromatic rings. The highest BCUT2D eigenvalue weighted by Gasteiger charge is 2.61. The maximum Gasteiger partial charge on any atom is 0.349 e. The van der Waals surface area contributed by atoms with Gasteiger partial charge < -0.3 is 14.2 Å². The Balaban J connectivity index is 2.32. The molecule has 0 radical (unpaired) electrons. The van der Waals surface area contributed by atoms with E-state index in [1.165, 1.54) is 12.2 Å². The lowest BCUT2D eigenvalue weighted by Crippen LogP contribution is -2.69. The van der Waals surface area contributed by atoms with Crippen LogP contribution >= 0.6 is 0 Å². The van der Waals surface area contributed by atoms with Crippen molar-refractivity contribution in [2.45, 2.75) is 82.8 Å². The molecule has 8 heteroatoms. The number of carbonyl (C=O) groups excluding carboxylic acids is 2. The first-order valence-electron chi connectivity index (χ1n) is 10.6. The SMILES string of the molecule is C=CCOC(=O)C(ON1C(C)(C)CC2(CC1(C)C)OCC(C)(C)N2C)C(=O)OCC=C. The van der Waals surface area contributed by atoms with Gasteiger partial charge in [0.15, 0.2) is 0 Å². The van der Waals surface area contributed by atoms with Crippen molar-refractivity contribution in [3.05, 3.63) is 25.3 Å². The molecule has 0 N–H and O–H groups in total. The van der Waals surface area contributed by atoms with E-state index in [-0.39, 0.29) is 18.8 Å². The Morgan fingerprint density at radius 2 is 1.39 bits per heavy atom. The standard InChI is InChI=1S/C23H38N2O6/c1-10-12-28-18(26)17(19(27)29-13-11-2)31-25-20(3,4)14-23(15-21(25,5)6)24(9)22(7,8)16-30-23/h10-11,17H,1-2,12-16H2,3-9H3. The van der Waals surface area contributed by atoms with Crippen molar-refractivity contribution in [1.82, 2.24) is 9.96 Å². The van der Waals surface area contributed by atoms with Crippen LogP contribution in [0.4, 0.5) is 0 Å². The molecule has 2 aliphatic heterocycles. The minimum Gasteiger partial charge on any atom is -0.459 e. The Morgan fingerprint density at radius 1 is 0.935 bits per heavy atom. The molecule has 1 spiro atoms. The van der Waals surface area contributed by atoms with E-state index in [1.807, 2.05) is 27.7 Å². The van der Waals surface area contributed by atoms with E-state index < -0.39 is 34.8 Å². The monoisotopic (exact) mass is 438 g/mol. The van der Waals surface area contributed by atoms with Gasteiger partial charge in [-0.25, -0.2) is 9.59 Å². The zero-order chi connectivity index (χ0) is 23.7. The highest BCUT2D eigenvalue weighted by Crippen LogP contribution is 2.51. The predicted octanol–water partition coefficient (Wildman–Crippen LogP) is 2.83. The summed E-state index contributed by atoms with van der Waals surface area (Å²) in [7, 11) is 2.08. The number of hydroxylamine groups is 2. The van der Waals surface area contributed by atoms with Crippen LogP contribution in [-0.4, -0.2) is 77.2 Å². The maximum atomic E-state index is 12.6. The molecule has 2 saturated heterocycles. The van der Waals surface area contributed by atoms with Gasteiger partial charge in [-0.15, -0.1) is 0 Å². The first-order valence-corrected chi connectivity index (χ1v) is 10.6. The van der Waals surface area contributed by atoms with Gasteiger partial charge in [-0.3, -0.25) is 9.74 Å². The highest BCUT2D eigenvalue weighted by molar-refractivity contribution is 5.98. The van der Waals surface area contributed by atoms with E-state index in [2.05, 4.69) is 39.0 Å². The minimum atomic E-state index is -1.55. The Morgan fingerprint density at radius 3 is 1.74 bits per heavy atom. The fraction of sp³-hybridized carbons (Fsp3) is 0.739. The topological polar surface area (TPSA) is 77.5 Å². The van der Waals surface area contributed by atoms with E-state index in [0.29, 0.717) is 19.4 Å². The van der Waals surface area contributed by atoms with E-state index in [0.717, 1.165) is 0 Å². The van der Waals surface area contributed by atoms with E-state index in [9.17, 15) is 9.59 Å². The van der Waals surface area contributed by atoms with Gasteiger partial charge >= 0.3 is 11.9 Å². The summed E-state index contributed by atoms with van der Waals surface area (Å²) in [6, 6.07) is 0. The van der Waals surface area contributed by atoms with Crippen molar-refractivity contribution in [1.29, 1.82) is 0 Å². The molecule has 176 valence electrons. The van der Waals surface area contributed by atoms with Gasteiger partial charge in [-0.2, -0.15) is 5.06 Å². The minimum absolute atomic E-state index is 0.0307. The second-order valence-corrected chi connectivity index (χ2v) is 10.2. The molecule has 2 fully saturated rings. The normalized spacial score (nSPS) is 24.1. The third kappa shape index (κ3) is 5.19. The van der Waals surface area contributed by atoms with Crippen LogP contribution in [0.3, 0.4) is 0 Å². The van der Waals surface area contributed by atoms with Crippen molar-refractivity contribution in [2.75, 3.05) is 26.9 Å². The van der Waals surface area contributed by atoms with E-state index >= 15 is 0 Å². The number of piperidine rings is 1. The summed E-state index contributed by atoms with van der Waals surface area (Å²) in [6.07, 6.45) is 2.56. The van der Waals surface area contributed by atoms with Crippen LogP contribution in [0.15, 0.2) is 25.3 Å². The van der Waals surface area contributed by atoms with Crippen LogP contribution in [0.5, 0.6) is 0 Å². The molecule has 0 amide bonds.